The van der Waals surface area contributed by atoms with Gasteiger partial charge in [0.1, 0.15) is 17.9 Å². The van der Waals surface area contributed by atoms with Gasteiger partial charge in [-0.05, 0) is 30.2 Å². The maximum absolute atomic E-state index is 11.9. The van der Waals surface area contributed by atoms with Crippen LogP contribution in [0.4, 0.5) is 5.69 Å². The topological polar surface area (TPSA) is 71.3 Å². The zero-order valence-corrected chi connectivity index (χ0v) is 11.8. The Balaban J connectivity index is 2.17. The molecule has 0 aliphatic carbocycles. The number of benzene rings is 1. The van der Waals surface area contributed by atoms with E-state index in [-0.39, 0.29) is 17.8 Å². The number of esters is 1. The molecule has 0 aromatic heterocycles. The number of nitriles is 1. The first-order valence-electron chi connectivity index (χ1n) is 6.57. The second-order valence-electron chi connectivity index (χ2n) is 5.16. The molecule has 0 unspecified atom stereocenters. The molecule has 1 aliphatic heterocycles. The number of hydrogen-bond acceptors (Lipinski definition) is 5. The number of hydrogen-bond donors (Lipinski definition) is 1. The predicted octanol–water partition coefficient (Wildman–Crippen LogP) is 2.20. The lowest BCUT2D eigenvalue weighted by molar-refractivity contribution is -0.140. The molecule has 1 fully saturated rings. The average Bonchev–Trinajstić information content (AvgIpc) is 2.76. The van der Waals surface area contributed by atoms with Crippen molar-refractivity contribution < 1.29 is 14.3 Å². The molecule has 0 bridgehead atoms. The Kier molecular flexibility index (Phi) is 4.14. The zero-order chi connectivity index (χ0) is 14.7. The highest BCUT2D eigenvalue weighted by molar-refractivity contribution is 5.82. The molecule has 0 radical (unpaired) electrons. The molecule has 5 heteroatoms. The highest BCUT2D eigenvalue weighted by Crippen LogP contribution is 2.31. The second-order valence-corrected chi connectivity index (χ2v) is 5.16. The lowest BCUT2D eigenvalue weighted by atomic mass is 9.86. The van der Waals surface area contributed by atoms with Crippen molar-refractivity contribution in [1.82, 2.24) is 0 Å². The van der Waals surface area contributed by atoms with Gasteiger partial charge in [0.25, 0.3) is 0 Å². The van der Waals surface area contributed by atoms with Crippen molar-refractivity contribution in [3.8, 4) is 11.8 Å². The lowest BCUT2D eigenvalue weighted by Crippen LogP contribution is -2.36. The number of ether oxygens (including phenoxy) is 2. The van der Waals surface area contributed by atoms with Gasteiger partial charge in [0, 0.05) is 11.6 Å². The molecule has 1 heterocycles. The summed E-state index contributed by atoms with van der Waals surface area (Å²) in [5.41, 5.74) is 0.803. The van der Waals surface area contributed by atoms with Crippen LogP contribution in [0, 0.1) is 23.2 Å². The van der Waals surface area contributed by atoms with Gasteiger partial charge in [0.15, 0.2) is 6.10 Å². The van der Waals surface area contributed by atoms with Crippen molar-refractivity contribution in [1.29, 1.82) is 5.26 Å². The minimum Gasteiger partial charge on any atom is -0.497 e. The van der Waals surface area contributed by atoms with Gasteiger partial charge in [-0.25, -0.2) is 4.79 Å². The van der Waals surface area contributed by atoms with E-state index in [9.17, 15) is 4.79 Å². The molecule has 3 atom stereocenters. The van der Waals surface area contributed by atoms with Crippen LogP contribution in [0.3, 0.4) is 0 Å². The number of nitrogens with zero attached hydrogens (tertiary/aromatic N) is 1. The Morgan fingerprint density at radius 2 is 2.00 bits per heavy atom. The smallest absolute Gasteiger partial charge is 0.330 e. The summed E-state index contributed by atoms with van der Waals surface area (Å²) in [5.74, 6) is 0.391. The monoisotopic (exact) mass is 274 g/mol. The maximum Gasteiger partial charge on any atom is 0.330 e. The number of rotatable bonds is 4. The first-order chi connectivity index (χ1) is 9.56. The first-order valence-corrected chi connectivity index (χ1v) is 6.57. The Morgan fingerprint density at radius 1 is 1.35 bits per heavy atom. The number of cyclic esters (lactones) is 1. The second kappa shape index (κ2) is 5.83. The van der Waals surface area contributed by atoms with E-state index in [1.165, 1.54) is 0 Å². The van der Waals surface area contributed by atoms with Gasteiger partial charge >= 0.3 is 5.97 Å². The molecule has 1 aromatic rings. The fourth-order valence-corrected chi connectivity index (χ4v) is 2.48. The van der Waals surface area contributed by atoms with Gasteiger partial charge in [-0.3, -0.25) is 0 Å². The van der Waals surface area contributed by atoms with Crippen LogP contribution in [0.1, 0.15) is 13.8 Å². The van der Waals surface area contributed by atoms with Gasteiger partial charge in [0.05, 0.1) is 7.11 Å². The molecular weight excluding hydrogens is 256 g/mol. The highest BCUT2D eigenvalue weighted by Gasteiger charge is 2.46. The Bertz CT molecular complexity index is 519. The van der Waals surface area contributed by atoms with E-state index in [1.54, 1.807) is 7.11 Å². The standard InChI is InChI=1S/C15H18N2O3/c1-9(2)13-12(8-16)20-15(18)14(13)17-10-4-6-11(19-3)7-5-10/h4-7,9,12-14,17H,1-3H3/t12-,13+,14-/m0/s1. The van der Waals surface area contributed by atoms with Crippen molar-refractivity contribution in [2.24, 2.45) is 11.8 Å². The minimum absolute atomic E-state index is 0.158. The van der Waals surface area contributed by atoms with Crippen molar-refractivity contribution in [2.45, 2.75) is 26.0 Å². The maximum atomic E-state index is 11.9. The van der Waals surface area contributed by atoms with Gasteiger partial charge in [-0.2, -0.15) is 5.26 Å². The highest BCUT2D eigenvalue weighted by atomic mass is 16.6. The number of carbonyl (C=O) groups excluding carboxylic acids is 1. The SMILES string of the molecule is COc1ccc(N[C@@H]2C(=O)O[C@@H](C#N)[C@H]2C(C)C)cc1. The fraction of sp³-hybridized carbons (Fsp3) is 0.467. The zero-order valence-electron chi connectivity index (χ0n) is 11.8. The van der Waals surface area contributed by atoms with E-state index < -0.39 is 12.1 Å². The molecule has 20 heavy (non-hydrogen) atoms. The van der Waals surface area contributed by atoms with E-state index >= 15 is 0 Å². The van der Waals surface area contributed by atoms with Crippen LogP contribution in [0.5, 0.6) is 5.75 Å². The summed E-state index contributed by atoms with van der Waals surface area (Å²) < 4.78 is 10.2. The minimum atomic E-state index is -0.682. The average molecular weight is 274 g/mol. The third kappa shape index (κ3) is 2.69. The molecule has 1 aliphatic rings. The molecular formula is C15H18N2O3. The van der Waals surface area contributed by atoms with Crippen molar-refractivity contribution >= 4 is 11.7 Å². The summed E-state index contributed by atoms with van der Waals surface area (Å²) >= 11 is 0. The number of anilines is 1. The van der Waals surface area contributed by atoms with Crippen LogP contribution in [-0.4, -0.2) is 25.2 Å². The quantitative estimate of drug-likeness (QED) is 0.852. The molecule has 1 aromatic carbocycles. The molecule has 0 amide bonds. The van der Waals surface area contributed by atoms with Crippen LogP contribution in [-0.2, 0) is 9.53 Å². The third-order valence-electron chi connectivity index (χ3n) is 3.54. The summed E-state index contributed by atoms with van der Waals surface area (Å²) in [4.78, 5) is 11.9. The van der Waals surface area contributed by atoms with Gasteiger partial charge in [-0.1, -0.05) is 13.8 Å². The number of carbonyl (C=O) groups is 1. The van der Waals surface area contributed by atoms with E-state index in [0.717, 1.165) is 11.4 Å². The molecule has 2 rings (SSSR count). The molecule has 0 spiro atoms. The van der Waals surface area contributed by atoms with Crippen LogP contribution >= 0.6 is 0 Å². The summed E-state index contributed by atoms with van der Waals surface area (Å²) in [6.45, 7) is 3.97. The van der Waals surface area contributed by atoms with Gasteiger partial charge in [-0.15, -0.1) is 0 Å². The van der Waals surface area contributed by atoms with Crippen LogP contribution in [0.25, 0.3) is 0 Å². The van der Waals surface area contributed by atoms with Gasteiger partial charge in [0.2, 0.25) is 0 Å². The summed E-state index contributed by atoms with van der Waals surface area (Å²) in [6, 6.07) is 8.87. The fourth-order valence-electron chi connectivity index (χ4n) is 2.48. The molecule has 0 saturated carbocycles. The lowest BCUT2D eigenvalue weighted by Gasteiger charge is -2.22. The van der Waals surface area contributed by atoms with Crippen molar-refractivity contribution in [3.05, 3.63) is 24.3 Å². The number of methoxy groups -OCH3 is 1. The summed E-state index contributed by atoms with van der Waals surface area (Å²) in [6.07, 6.45) is -0.682. The normalized spacial score (nSPS) is 25.1. The Labute approximate surface area is 118 Å². The van der Waals surface area contributed by atoms with Crippen molar-refractivity contribution in [3.63, 3.8) is 0 Å². The van der Waals surface area contributed by atoms with E-state index in [2.05, 4.69) is 11.4 Å². The van der Waals surface area contributed by atoms with E-state index in [4.69, 9.17) is 14.7 Å². The molecule has 5 nitrogen and oxygen atoms in total. The van der Waals surface area contributed by atoms with Crippen molar-refractivity contribution in [2.75, 3.05) is 12.4 Å². The largest absolute Gasteiger partial charge is 0.497 e. The number of nitrogens with one attached hydrogen (secondary N) is 1. The Hall–Kier alpha value is -2.22. The van der Waals surface area contributed by atoms with E-state index in [1.807, 2.05) is 38.1 Å². The third-order valence-corrected chi connectivity index (χ3v) is 3.54. The molecule has 106 valence electrons. The Morgan fingerprint density at radius 3 is 2.50 bits per heavy atom. The summed E-state index contributed by atoms with van der Waals surface area (Å²) in [7, 11) is 1.60. The van der Waals surface area contributed by atoms with E-state index in [0.29, 0.717) is 0 Å². The van der Waals surface area contributed by atoms with Crippen LogP contribution in [0.2, 0.25) is 0 Å². The molecule has 1 N–H and O–H groups in total. The first kappa shape index (κ1) is 14.2. The van der Waals surface area contributed by atoms with Gasteiger partial charge < -0.3 is 14.8 Å². The van der Waals surface area contributed by atoms with Crippen LogP contribution < -0.4 is 10.1 Å². The molecule has 1 saturated heterocycles. The summed E-state index contributed by atoms with van der Waals surface area (Å²) in [5, 5.41) is 12.2. The predicted molar refractivity (Wildman–Crippen MR) is 74.2 cm³/mol. The van der Waals surface area contributed by atoms with Crippen LogP contribution in [0.15, 0.2) is 24.3 Å².